The summed E-state index contributed by atoms with van der Waals surface area (Å²) >= 11 is 0. The lowest BCUT2D eigenvalue weighted by atomic mass is 9.86. The molecule has 0 bridgehead atoms. The van der Waals surface area contributed by atoms with Crippen molar-refractivity contribution in [2.45, 2.75) is 12.3 Å². The van der Waals surface area contributed by atoms with Crippen LogP contribution in [0.4, 0.5) is 11.4 Å². The molecule has 1 unspecified atom stereocenters. The second-order valence-electron chi connectivity index (χ2n) is 17.5. The number of anilines is 2. The topological polar surface area (TPSA) is 46.8 Å². The Labute approximate surface area is 395 Å². The third-order valence-corrected chi connectivity index (χ3v) is 13.6. The van der Waals surface area contributed by atoms with E-state index in [0.29, 0.717) is 17.5 Å². The van der Waals surface area contributed by atoms with Crippen LogP contribution in [0.5, 0.6) is 0 Å². The number of hydrogen-bond donors (Lipinski definition) is 0. The summed E-state index contributed by atoms with van der Waals surface area (Å²) in [4.78, 5) is 17.8. The molecule has 1 aliphatic heterocycles. The summed E-state index contributed by atoms with van der Waals surface area (Å²) < 4.78 is 2.38. The molecule has 1 atom stereocenters. The van der Waals surface area contributed by atoms with Crippen molar-refractivity contribution in [2.24, 2.45) is 0 Å². The number of allylic oxidation sites excluding steroid dienone is 4. The highest BCUT2D eigenvalue weighted by Crippen LogP contribution is 2.54. The Bertz CT molecular complexity index is 3740. The molecule has 0 amide bonds. The van der Waals surface area contributed by atoms with Gasteiger partial charge in [0, 0.05) is 50.5 Å². The van der Waals surface area contributed by atoms with Gasteiger partial charge in [0.2, 0.25) is 0 Å². The molecule has 9 aromatic carbocycles. The van der Waals surface area contributed by atoms with Gasteiger partial charge in [-0.25, -0.2) is 15.0 Å². The normalized spacial score (nSPS) is 14.0. The highest BCUT2D eigenvalue weighted by molar-refractivity contribution is 6.15. The van der Waals surface area contributed by atoms with Crippen molar-refractivity contribution in [3.05, 3.63) is 254 Å². The van der Waals surface area contributed by atoms with Gasteiger partial charge in [-0.15, -0.1) is 0 Å². The van der Waals surface area contributed by atoms with Crippen LogP contribution in [0, 0.1) is 0 Å². The van der Waals surface area contributed by atoms with Crippen molar-refractivity contribution >= 4 is 33.2 Å². The van der Waals surface area contributed by atoms with Crippen molar-refractivity contribution in [3.8, 4) is 73.2 Å². The molecule has 11 aromatic rings. The van der Waals surface area contributed by atoms with Crippen molar-refractivity contribution in [1.82, 2.24) is 19.5 Å². The number of nitrogens with zero attached hydrogens (tertiary/aromatic N) is 5. The van der Waals surface area contributed by atoms with E-state index in [0.717, 1.165) is 45.6 Å². The van der Waals surface area contributed by atoms with Crippen molar-refractivity contribution < 1.29 is 0 Å². The second-order valence-corrected chi connectivity index (χ2v) is 17.5. The molecule has 1 aliphatic carbocycles. The molecular weight excluding hydrogens is 827 g/mol. The predicted octanol–water partition coefficient (Wildman–Crippen LogP) is 16.0. The van der Waals surface area contributed by atoms with Gasteiger partial charge in [0.05, 0.1) is 16.7 Å². The van der Waals surface area contributed by atoms with Crippen LogP contribution in [-0.4, -0.2) is 19.5 Å². The van der Waals surface area contributed by atoms with Crippen LogP contribution < -0.4 is 4.90 Å². The zero-order chi connectivity index (χ0) is 45.0. The lowest BCUT2D eigenvalue weighted by molar-refractivity contribution is 0.821. The van der Waals surface area contributed by atoms with E-state index < -0.39 is 0 Å². The summed E-state index contributed by atoms with van der Waals surface area (Å²) in [6, 6.07) is 79.9. The molecular formula is C63H43N5. The molecule has 2 aliphatic rings. The maximum absolute atomic E-state index is 5.15. The Morgan fingerprint density at radius 3 is 1.71 bits per heavy atom. The van der Waals surface area contributed by atoms with Gasteiger partial charge < -0.3 is 9.47 Å². The maximum Gasteiger partial charge on any atom is 0.164 e. The van der Waals surface area contributed by atoms with Crippen LogP contribution in [0.15, 0.2) is 248 Å². The zero-order valence-corrected chi connectivity index (χ0v) is 37.1. The average Bonchev–Trinajstić information content (AvgIpc) is 3.95. The first-order valence-corrected chi connectivity index (χ1v) is 23.3. The molecule has 3 heterocycles. The lowest BCUT2D eigenvalue weighted by Gasteiger charge is -2.24. The number of rotatable bonds is 8. The molecule has 0 fully saturated rings. The Balaban J connectivity index is 0.877. The maximum atomic E-state index is 5.15. The van der Waals surface area contributed by atoms with Crippen molar-refractivity contribution in [2.75, 3.05) is 4.90 Å². The van der Waals surface area contributed by atoms with E-state index >= 15 is 0 Å². The molecule has 68 heavy (non-hydrogen) atoms. The average molecular weight is 870 g/mol. The third-order valence-electron chi connectivity index (χ3n) is 13.6. The number of fused-ring (bicyclic) bond motifs is 6. The van der Waals surface area contributed by atoms with E-state index in [1.54, 1.807) is 0 Å². The molecule has 2 aromatic heterocycles. The van der Waals surface area contributed by atoms with Crippen molar-refractivity contribution in [1.29, 1.82) is 0 Å². The van der Waals surface area contributed by atoms with Gasteiger partial charge >= 0.3 is 0 Å². The molecule has 0 radical (unpaired) electrons. The summed E-state index contributed by atoms with van der Waals surface area (Å²) in [5.41, 5.74) is 18.4. The molecule has 13 rings (SSSR count). The Morgan fingerprint density at radius 1 is 0.397 bits per heavy atom. The summed E-state index contributed by atoms with van der Waals surface area (Å²) in [6.45, 7) is 0. The van der Waals surface area contributed by atoms with Crippen LogP contribution in [0.2, 0.25) is 0 Å². The predicted molar refractivity (Wildman–Crippen MR) is 280 cm³/mol. The summed E-state index contributed by atoms with van der Waals surface area (Å²) in [6.07, 6.45) is 7.73. The molecule has 0 saturated carbocycles. The number of aromatic nitrogens is 4. The SMILES string of the molecule is C1=CCC2C(=C1)N(c1ccc(-c3cccc4c3c3ccccc3n4-c3ccccc3)cc1)c1cccc(-c3cccc(-c4nc(-c5ccccc5)nc(-c5ccc(-c6ccccc6)cc5)n4)c3)c12. The fraction of sp³-hybridized carbons (Fsp3) is 0.0317. The van der Waals surface area contributed by atoms with Gasteiger partial charge in [-0.05, 0) is 100.0 Å². The van der Waals surface area contributed by atoms with Crippen LogP contribution in [0.1, 0.15) is 17.9 Å². The van der Waals surface area contributed by atoms with Crippen molar-refractivity contribution in [3.63, 3.8) is 0 Å². The molecule has 0 N–H and O–H groups in total. The van der Waals surface area contributed by atoms with E-state index in [1.165, 1.54) is 61.0 Å². The van der Waals surface area contributed by atoms with Crippen LogP contribution >= 0.6 is 0 Å². The zero-order valence-electron chi connectivity index (χ0n) is 37.1. The monoisotopic (exact) mass is 869 g/mol. The minimum atomic E-state index is 0.208. The van der Waals surface area contributed by atoms with E-state index in [4.69, 9.17) is 15.0 Å². The van der Waals surface area contributed by atoms with Gasteiger partial charge in [-0.3, -0.25) is 0 Å². The standard InChI is InChI=1S/C63H43N5/c1-4-17-42(18-5-1)43-33-35-46(36-34-43)62-64-61(45-19-6-2-7-20-45)65-63(66-62)48-22-14-21-47(41-48)52-28-16-32-58-60(52)54-26-11-13-30-56(54)68(58)50-39-37-44(38-40-50)51-27-15-31-57-59(51)53-25-10-12-29-55(53)67(57)49-23-8-3-9-24-49/h1-25,27-41,54H,26H2. The van der Waals surface area contributed by atoms with Gasteiger partial charge in [-0.2, -0.15) is 0 Å². The summed E-state index contributed by atoms with van der Waals surface area (Å²) in [5, 5.41) is 2.51. The van der Waals surface area contributed by atoms with Gasteiger partial charge in [0.15, 0.2) is 17.5 Å². The van der Waals surface area contributed by atoms with E-state index in [-0.39, 0.29) is 5.92 Å². The third kappa shape index (κ3) is 6.75. The molecule has 5 nitrogen and oxygen atoms in total. The first-order chi connectivity index (χ1) is 33.7. The van der Waals surface area contributed by atoms with Gasteiger partial charge in [0.1, 0.15) is 0 Å². The molecule has 0 spiro atoms. The number of para-hydroxylation sites is 2. The highest BCUT2D eigenvalue weighted by atomic mass is 15.2. The van der Waals surface area contributed by atoms with E-state index in [9.17, 15) is 0 Å². The minimum absolute atomic E-state index is 0.208. The quantitative estimate of drug-likeness (QED) is 0.153. The van der Waals surface area contributed by atoms with E-state index in [1.807, 2.05) is 24.3 Å². The van der Waals surface area contributed by atoms with Gasteiger partial charge in [0.25, 0.3) is 0 Å². The summed E-state index contributed by atoms with van der Waals surface area (Å²) in [5.74, 6) is 2.13. The van der Waals surface area contributed by atoms with Crippen LogP contribution in [0.25, 0.3) is 95.0 Å². The van der Waals surface area contributed by atoms with E-state index in [2.05, 4.69) is 228 Å². The van der Waals surface area contributed by atoms with Gasteiger partial charge in [-0.1, -0.05) is 188 Å². The fourth-order valence-corrected chi connectivity index (χ4v) is 10.4. The molecule has 5 heteroatoms. The first-order valence-electron chi connectivity index (χ1n) is 23.3. The van der Waals surface area contributed by atoms with Crippen LogP contribution in [0.3, 0.4) is 0 Å². The fourth-order valence-electron chi connectivity index (χ4n) is 10.4. The molecule has 0 saturated heterocycles. The Hall–Kier alpha value is -8.93. The number of hydrogen-bond acceptors (Lipinski definition) is 4. The highest BCUT2D eigenvalue weighted by Gasteiger charge is 2.37. The smallest absolute Gasteiger partial charge is 0.164 e. The number of benzene rings is 9. The largest absolute Gasteiger partial charge is 0.313 e. The minimum Gasteiger partial charge on any atom is -0.313 e. The van der Waals surface area contributed by atoms with Crippen LogP contribution in [-0.2, 0) is 0 Å². The Morgan fingerprint density at radius 2 is 0.941 bits per heavy atom. The molecule has 320 valence electrons. The summed E-state index contributed by atoms with van der Waals surface area (Å²) in [7, 11) is 0. The first kappa shape index (κ1) is 39.4. The Kier molecular flexibility index (Phi) is 9.57. The lowest BCUT2D eigenvalue weighted by Crippen LogP contribution is -2.14. The second kappa shape index (κ2) is 16.5.